The number of hydrogen-bond donors (Lipinski definition) is 14. The van der Waals surface area contributed by atoms with Gasteiger partial charge in [0.2, 0.25) is 65.0 Å². The maximum absolute atomic E-state index is 14.0. The standard InChI is InChI=1S/C47H75N11O19/c1-22(2)19-29(43(71)57-38(24(5)60)47(75)76)54-44(72)32-12-10-18-58(32)46(74)31(21-59)55-45(73)37(23(3)4)56-41(69)27(14-16-33(48)62)52-40(68)28(15-17-35(64)65)53-39(67)26(11-8-9-13-36(66)77-7)51-42(70)30(20-34(49)63)50-25(6)61/h9,13,22-24,26-32,37-38,59-60H,8,10-12,14-21H2,1-7H3,(H2,48,62)(H2,49,63)(H,50,61)(H,51,70)(H,52,68)(H,53,67)(H,54,72)(H,55,73)(H,56,69)(H,57,71)(H,64,65)(H,75,76)/b13-9+/t24-,26+,27+,28+,29+,30+,31+,32+,37+,38+/m1/s1. The van der Waals surface area contributed by atoms with Crippen LogP contribution in [0.1, 0.15) is 106 Å². The number of esters is 1. The van der Waals surface area contributed by atoms with E-state index in [-0.39, 0.29) is 44.6 Å². The van der Waals surface area contributed by atoms with E-state index in [2.05, 4.69) is 47.3 Å². The molecule has 1 aliphatic heterocycles. The topological polar surface area (TPSA) is 481 Å². The van der Waals surface area contributed by atoms with Gasteiger partial charge >= 0.3 is 17.9 Å². The van der Waals surface area contributed by atoms with Gasteiger partial charge in [0.25, 0.3) is 0 Å². The van der Waals surface area contributed by atoms with Gasteiger partial charge in [0.1, 0.15) is 48.3 Å². The minimum atomic E-state index is -1.79. The Morgan fingerprint density at radius 1 is 0.636 bits per heavy atom. The summed E-state index contributed by atoms with van der Waals surface area (Å²) in [5.74, 6) is -15.6. The molecule has 0 aromatic rings. The number of carbonyl (C=O) groups excluding carboxylic acids is 12. The molecule has 30 nitrogen and oxygen atoms in total. The molecule has 11 amide bonds. The highest BCUT2D eigenvalue weighted by atomic mass is 16.5. The number of nitrogens with zero attached hydrogens (tertiary/aromatic N) is 1. The highest BCUT2D eigenvalue weighted by Gasteiger charge is 2.41. The molecule has 0 radical (unpaired) electrons. The number of likely N-dealkylation sites (tertiary alicyclic amines) is 1. The molecule has 432 valence electrons. The monoisotopic (exact) mass is 1100 g/mol. The number of carboxylic acid groups (broad SMARTS) is 2. The molecule has 1 rings (SSSR count). The van der Waals surface area contributed by atoms with E-state index in [1.807, 2.05) is 0 Å². The minimum Gasteiger partial charge on any atom is -0.481 e. The summed E-state index contributed by atoms with van der Waals surface area (Å²) in [7, 11) is 1.10. The second kappa shape index (κ2) is 33.3. The predicted octanol–water partition coefficient (Wildman–Crippen LogP) is -5.45. The van der Waals surface area contributed by atoms with Crippen molar-refractivity contribution < 1.29 is 92.3 Å². The molecule has 1 aliphatic rings. The van der Waals surface area contributed by atoms with E-state index in [0.29, 0.717) is 0 Å². The Morgan fingerprint density at radius 2 is 1.14 bits per heavy atom. The number of allylic oxidation sites excluding steroid dienone is 1. The van der Waals surface area contributed by atoms with Gasteiger partial charge < -0.3 is 84.1 Å². The zero-order valence-corrected chi connectivity index (χ0v) is 44.1. The summed E-state index contributed by atoms with van der Waals surface area (Å²) in [6.45, 7) is 7.56. The van der Waals surface area contributed by atoms with Crippen molar-refractivity contribution in [1.82, 2.24) is 47.4 Å². The highest BCUT2D eigenvalue weighted by Crippen LogP contribution is 2.20. The normalized spacial score (nSPS) is 16.7. The van der Waals surface area contributed by atoms with Crippen LogP contribution in [0.3, 0.4) is 0 Å². The fourth-order valence-electron chi connectivity index (χ4n) is 7.70. The number of methoxy groups -OCH3 is 1. The van der Waals surface area contributed by atoms with E-state index in [1.54, 1.807) is 13.8 Å². The van der Waals surface area contributed by atoms with Crippen molar-refractivity contribution in [3.63, 3.8) is 0 Å². The lowest BCUT2D eigenvalue weighted by Crippen LogP contribution is -2.61. The number of nitrogens with two attached hydrogens (primary N) is 2. The van der Waals surface area contributed by atoms with Crippen LogP contribution in [0, 0.1) is 11.8 Å². The molecule has 0 aromatic carbocycles. The molecule has 1 fully saturated rings. The lowest BCUT2D eigenvalue weighted by molar-refractivity contribution is -0.146. The Hall–Kier alpha value is -7.76. The lowest BCUT2D eigenvalue weighted by atomic mass is 10.0. The fourth-order valence-corrected chi connectivity index (χ4v) is 7.70. The third-order valence-corrected chi connectivity index (χ3v) is 11.7. The van der Waals surface area contributed by atoms with Crippen LogP contribution < -0.4 is 54.0 Å². The number of aliphatic carboxylic acids is 2. The van der Waals surface area contributed by atoms with Crippen LogP contribution in [0.4, 0.5) is 0 Å². The second-order valence-electron chi connectivity index (χ2n) is 19.0. The van der Waals surface area contributed by atoms with Crippen molar-refractivity contribution in [3.05, 3.63) is 12.2 Å². The average molecular weight is 1100 g/mol. The highest BCUT2D eigenvalue weighted by molar-refractivity contribution is 5.99. The number of hydrogen-bond acceptors (Lipinski definition) is 17. The van der Waals surface area contributed by atoms with Crippen LogP contribution in [-0.2, 0) is 71.9 Å². The maximum Gasteiger partial charge on any atom is 0.330 e. The quantitative estimate of drug-likeness (QED) is 0.0211. The van der Waals surface area contributed by atoms with E-state index in [1.165, 1.54) is 19.9 Å². The van der Waals surface area contributed by atoms with E-state index in [9.17, 15) is 87.5 Å². The molecule has 0 unspecified atom stereocenters. The number of carbonyl (C=O) groups is 14. The molecule has 0 spiro atoms. The van der Waals surface area contributed by atoms with Crippen molar-refractivity contribution in [3.8, 4) is 0 Å². The molecule has 16 N–H and O–H groups in total. The van der Waals surface area contributed by atoms with Gasteiger partial charge in [0.05, 0.1) is 26.2 Å². The third-order valence-electron chi connectivity index (χ3n) is 11.7. The molecule has 0 aromatic heterocycles. The molecule has 77 heavy (non-hydrogen) atoms. The largest absolute Gasteiger partial charge is 0.481 e. The molecular formula is C47H75N11O19. The van der Waals surface area contributed by atoms with Gasteiger partial charge in [-0.1, -0.05) is 33.8 Å². The Morgan fingerprint density at radius 3 is 1.61 bits per heavy atom. The van der Waals surface area contributed by atoms with Gasteiger partial charge in [-0.25, -0.2) is 9.59 Å². The van der Waals surface area contributed by atoms with Crippen LogP contribution in [0.15, 0.2) is 12.2 Å². The molecular weight excluding hydrogens is 1020 g/mol. The average Bonchev–Trinajstić information content (AvgIpc) is 3.83. The van der Waals surface area contributed by atoms with Crippen molar-refractivity contribution in [1.29, 1.82) is 0 Å². The van der Waals surface area contributed by atoms with E-state index < -0.39 is 188 Å². The van der Waals surface area contributed by atoms with Crippen molar-refractivity contribution in [2.24, 2.45) is 23.3 Å². The predicted molar refractivity (Wildman–Crippen MR) is 266 cm³/mol. The third kappa shape index (κ3) is 24.2. The summed E-state index contributed by atoms with van der Waals surface area (Å²) in [4.78, 5) is 181. The first-order valence-corrected chi connectivity index (χ1v) is 24.7. The van der Waals surface area contributed by atoms with Crippen LogP contribution in [0.5, 0.6) is 0 Å². The smallest absolute Gasteiger partial charge is 0.330 e. The van der Waals surface area contributed by atoms with Crippen molar-refractivity contribution in [2.45, 2.75) is 166 Å². The molecule has 0 bridgehead atoms. The van der Waals surface area contributed by atoms with E-state index in [0.717, 1.165) is 31.9 Å². The first kappa shape index (κ1) is 67.3. The van der Waals surface area contributed by atoms with Crippen molar-refractivity contribution >= 4 is 82.9 Å². The van der Waals surface area contributed by atoms with Crippen LogP contribution in [-0.4, -0.2) is 189 Å². The van der Waals surface area contributed by atoms with Crippen LogP contribution in [0.2, 0.25) is 0 Å². The SMILES string of the molecule is COC(=O)/C=C/CC[C@H](NC(=O)[C@H](CC(N)=O)NC(C)=O)C(=O)N[C@@H](CCC(=O)O)C(=O)N[C@@H](CCC(N)=O)C(=O)N[C@H](C(=O)N[C@@H](CO)C(=O)N1CCC[C@H]1C(=O)N[C@@H](CC(C)C)C(=O)N[C@H](C(=O)O)[C@@H](C)O)C(C)C. The van der Waals surface area contributed by atoms with Crippen LogP contribution in [0.25, 0.3) is 0 Å². The lowest BCUT2D eigenvalue weighted by Gasteiger charge is -2.31. The zero-order valence-electron chi connectivity index (χ0n) is 44.1. The first-order chi connectivity index (χ1) is 35.9. The minimum absolute atomic E-state index is 0.0312. The van der Waals surface area contributed by atoms with Gasteiger partial charge in [0, 0.05) is 32.4 Å². The summed E-state index contributed by atoms with van der Waals surface area (Å²) in [5.41, 5.74) is 10.6. The molecule has 0 aliphatic carbocycles. The summed E-state index contributed by atoms with van der Waals surface area (Å²) in [6.07, 6.45) is -2.37. The van der Waals surface area contributed by atoms with Gasteiger partial charge in [-0.05, 0) is 63.7 Å². The Balaban J connectivity index is 3.46. The van der Waals surface area contributed by atoms with Crippen molar-refractivity contribution in [2.75, 3.05) is 20.3 Å². The van der Waals surface area contributed by atoms with Gasteiger partial charge in [0.15, 0.2) is 6.04 Å². The van der Waals surface area contributed by atoms with E-state index in [4.69, 9.17) is 11.5 Å². The number of aliphatic hydroxyl groups is 2. The molecule has 0 saturated carbocycles. The maximum atomic E-state index is 14.0. The van der Waals surface area contributed by atoms with Gasteiger partial charge in [-0.3, -0.25) is 57.5 Å². The fraction of sp³-hybridized carbons (Fsp3) is 0.660. The Kier molecular flexibility index (Phi) is 29.1. The molecule has 1 heterocycles. The molecule has 30 heteroatoms. The summed E-state index contributed by atoms with van der Waals surface area (Å²) >= 11 is 0. The van der Waals surface area contributed by atoms with Crippen LogP contribution >= 0.6 is 0 Å². The Labute approximate surface area is 443 Å². The summed E-state index contributed by atoms with van der Waals surface area (Å²) < 4.78 is 4.53. The molecule has 10 atom stereocenters. The van der Waals surface area contributed by atoms with E-state index >= 15 is 0 Å². The number of carboxylic acids is 2. The van der Waals surface area contributed by atoms with Gasteiger partial charge in [-0.2, -0.15) is 0 Å². The van der Waals surface area contributed by atoms with Gasteiger partial charge in [-0.15, -0.1) is 0 Å². The first-order valence-electron chi connectivity index (χ1n) is 24.7. The zero-order chi connectivity index (χ0) is 58.9. The summed E-state index contributed by atoms with van der Waals surface area (Å²) in [6, 6.07) is -14.2. The number of nitrogens with one attached hydrogen (secondary N) is 8. The number of ether oxygens (including phenoxy) is 1. The Bertz CT molecular complexity index is 2170. The molecule has 1 saturated heterocycles. The second-order valence-corrected chi connectivity index (χ2v) is 19.0. The number of amides is 11. The number of aliphatic hydroxyl groups excluding tert-OH is 2. The number of rotatable bonds is 34. The number of primary amides is 2. The summed E-state index contributed by atoms with van der Waals surface area (Å²) in [5, 5.41) is 57.9.